The number of nitrogens with two attached hydrogens (primary N) is 3. The summed E-state index contributed by atoms with van der Waals surface area (Å²) in [6, 6.07) is 0. The Morgan fingerprint density at radius 1 is 0.556 bits per heavy atom. The van der Waals surface area contributed by atoms with Gasteiger partial charge in [0, 0.05) is 45.1 Å². The van der Waals surface area contributed by atoms with Crippen LogP contribution in [-0.2, 0) is 32.8 Å². The van der Waals surface area contributed by atoms with Crippen molar-refractivity contribution in [3.63, 3.8) is 0 Å². The summed E-state index contributed by atoms with van der Waals surface area (Å²) in [5, 5.41) is 0. The van der Waals surface area contributed by atoms with Gasteiger partial charge in [-0.25, -0.2) is 0 Å². The van der Waals surface area contributed by atoms with Crippen LogP contribution in [0.2, 0.25) is 0 Å². The van der Waals surface area contributed by atoms with Crippen LogP contribution in [0, 0.1) is 6.92 Å². The number of nitrogens with zero attached hydrogens (tertiary/aromatic N) is 1. The quantitative estimate of drug-likeness (QED) is 0.0242. The number of rotatable bonds is 46. The van der Waals surface area contributed by atoms with Gasteiger partial charge >= 0.3 is 0 Å². The Kier molecular flexibility index (Phi) is 73.9. The average molecular weight is 931 g/mol. The van der Waals surface area contributed by atoms with Crippen molar-refractivity contribution in [3.8, 4) is 0 Å². The van der Waals surface area contributed by atoms with Crippen LogP contribution in [0.3, 0.4) is 0 Å². The van der Waals surface area contributed by atoms with Crippen molar-refractivity contribution < 1.29 is 32.8 Å². The van der Waals surface area contributed by atoms with Crippen LogP contribution in [0.5, 0.6) is 0 Å². The molecular weight excluding hydrogens is 816 g/mol. The fraction of sp³-hybridized carbons (Fsp3) is 0.891. The Morgan fingerprint density at radius 2 is 0.937 bits per heavy atom. The van der Waals surface area contributed by atoms with E-state index in [-0.39, 0.29) is 24.5 Å². The van der Waals surface area contributed by atoms with E-state index >= 15 is 0 Å². The minimum atomic E-state index is -0.336. The fourth-order valence-corrected chi connectivity index (χ4v) is 7.64. The number of unbranched alkanes of at least 4 members (excludes halogenated alkanes) is 24. The summed E-state index contributed by atoms with van der Waals surface area (Å²) in [6.45, 7) is 27.0. The largest absolute Gasteiger partial charge is 0.495 e. The number of primary amides is 1. The SMILES string of the molecule is C=CCCCCCCCN(CCCN)CCCCCCCC(=C)OC(CCCCCCCC)CCCCCCCC.CCCCCCCCC(CC)OC.NCCC(N)=O.[CH2-]C.[V]. The maximum absolute atomic E-state index is 9.74. The molecule has 0 heterocycles. The van der Waals surface area contributed by atoms with Gasteiger partial charge in [0.1, 0.15) is 0 Å². The normalized spacial score (nSPS) is 11.1. The third-order valence-corrected chi connectivity index (χ3v) is 11.6. The van der Waals surface area contributed by atoms with Gasteiger partial charge in [-0.3, -0.25) is 4.79 Å². The smallest absolute Gasteiger partial charge is 0.218 e. The topological polar surface area (TPSA) is 117 Å². The third-order valence-electron chi connectivity index (χ3n) is 11.6. The van der Waals surface area contributed by atoms with E-state index in [0.717, 1.165) is 31.6 Å². The van der Waals surface area contributed by atoms with E-state index in [9.17, 15) is 4.79 Å². The molecule has 0 fully saturated rings. The van der Waals surface area contributed by atoms with Crippen molar-refractivity contribution in [2.45, 2.75) is 278 Å². The van der Waals surface area contributed by atoms with E-state index in [1.165, 1.54) is 225 Å². The van der Waals surface area contributed by atoms with Crippen LogP contribution in [-0.4, -0.2) is 62.8 Å². The molecule has 1 atom stereocenters. The molecule has 8 heteroatoms. The number of methoxy groups -OCH3 is 1. The molecule has 0 aromatic heterocycles. The predicted molar refractivity (Wildman–Crippen MR) is 279 cm³/mol. The first-order valence-corrected chi connectivity index (χ1v) is 26.9. The van der Waals surface area contributed by atoms with E-state index in [1.807, 2.05) is 13.2 Å². The van der Waals surface area contributed by atoms with Gasteiger partial charge in [0.25, 0.3) is 0 Å². The molecule has 0 aliphatic rings. The van der Waals surface area contributed by atoms with Crippen LogP contribution >= 0.6 is 0 Å². The van der Waals surface area contributed by atoms with Gasteiger partial charge in [0.2, 0.25) is 5.91 Å². The van der Waals surface area contributed by atoms with Gasteiger partial charge in [0.05, 0.1) is 18.0 Å². The van der Waals surface area contributed by atoms with E-state index in [2.05, 4.69) is 58.4 Å². The summed E-state index contributed by atoms with van der Waals surface area (Å²) in [7, 11) is 1.82. The number of carbonyl (C=O) groups excluding carboxylic acids is 1. The Bertz CT molecular complexity index is 829. The third kappa shape index (κ3) is 65.5. The molecule has 7 nitrogen and oxygen atoms in total. The van der Waals surface area contributed by atoms with Crippen LogP contribution in [0.15, 0.2) is 25.0 Å². The second-order valence-corrected chi connectivity index (χ2v) is 17.6. The number of hydrogen-bond acceptors (Lipinski definition) is 6. The van der Waals surface area contributed by atoms with Gasteiger partial charge in [-0.15, -0.1) is 6.58 Å². The van der Waals surface area contributed by atoms with Crippen LogP contribution in [0.4, 0.5) is 0 Å². The molecule has 0 aliphatic carbocycles. The minimum Gasteiger partial charge on any atom is -0.495 e. The van der Waals surface area contributed by atoms with Gasteiger partial charge in [-0.2, -0.15) is 6.92 Å². The first-order chi connectivity index (χ1) is 30.3. The summed E-state index contributed by atoms with van der Waals surface area (Å²) < 4.78 is 11.8. The molecule has 1 unspecified atom stereocenters. The zero-order valence-corrected chi connectivity index (χ0v) is 45.1. The van der Waals surface area contributed by atoms with Gasteiger partial charge in [0.15, 0.2) is 0 Å². The van der Waals surface area contributed by atoms with E-state index < -0.39 is 0 Å². The molecule has 63 heavy (non-hydrogen) atoms. The first kappa shape index (κ1) is 71.2. The molecule has 0 saturated carbocycles. The van der Waals surface area contributed by atoms with Crippen LogP contribution in [0.1, 0.15) is 266 Å². The van der Waals surface area contributed by atoms with Gasteiger partial charge < -0.3 is 38.5 Å². The summed E-state index contributed by atoms with van der Waals surface area (Å²) in [5.74, 6) is 0.710. The van der Waals surface area contributed by atoms with E-state index in [0.29, 0.717) is 25.2 Å². The molecule has 0 aromatic rings. The molecule has 0 aromatic carbocycles. The van der Waals surface area contributed by atoms with Crippen molar-refractivity contribution in [1.29, 1.82) is 0 Å². The van der Waals surface area contributed by atoms with Crippen molar-refractivity contribution in [3.05, 3.63) is 31.9 Å². The summed E-state index contributed by atoms with van der Waals surface area (Å²) in [5.41, 5.74) is 15.4. The molecule has 0 spiro atoms. The van der Waals surface area contributed by atoms with E-state index in [1.54, 1.807) is 6.92 Å². The predicted octanol–water partition coefficient (Wildman–Crippen LogP) is 15.7. The molecule has 0 aliphatic heterocycles. The maximum atomic E-state index is 9.74. The summed E-state index contributed by atoms with van der Waals surface area (Å²) >= 11 is 0. The Morgan fingerprint density at radius 3 is 1.30 bits per heavy atom. The zero-order valence-electron chi connectivity index (χ0n) is 43.7. The Hall–Kier alpha value is -0.826. The summed E-state index contributed by atoms with van der Waals surface area (Å²) in [4.78, 5) is 12.4. The monoisotopic (exact) mass is 931 g/mol. The fourth-order valence-electron chi connectivity index (χ4n) is 7.64. The molecule has 0 saturated heterocycles. The molecule has 0 rings (SSSR count). The Labute approximate surface area is 408 Å². The number of hydrogen-bond donors (Lipinski definition) is 3. The molecule has 6 N–H and O–H groups in total. The van der Waals surface area contributed by atoms with Crippen molar-refractivity contribution in [2.24, 2.45) is 17.2 Å². The number of carbonyl (C=O) groups is 1. The van der Waals surface area contributed by atoms with Crippen LogP contribution in [0.25, 0.3) is 0 Å². The Balaban J connectivity index is -0.000000418. The number of amides is 1. The van der Waals surface area contributed by atoms with Gasteiger partial charge in [-0.05, 0) is 103 Å². The molecule has 379 valence electrons. The minimum absolute atomic E-state index is 0. The first-order valence-electron chi connectivity index (χ1n) is 26.9. The van der Waals surface area contributed by atoms with Gasteiger partial charge in [-0.1, -0.05) is 182 Å². The molecule has 0 bridgehead atoms. The van der Waals surface area contributed by atoms with Crippen molar-refractivity contribution in [1.82, 2.24) is 4.90 Å². The van der Waals surface area contributed by atoms with E-state index in [4.69, 9.17) is 20.9 Å². The molecule has 1 radical (unpaired) electrons. The molecule has 1 amide bonds. The van der Waals surface area contributed by atoms with Crippen LogP contribution < -0.4 is 17.2 Å². The van der Waals surface area contributed by atoms with Crippen molar-refractivity contribution in [2.75, 3.05) is 39.8 Å². The second-order valence-electron chi connectivity index (χ2n) is 17.6. The maximum Gasteiger partial charge on any atom is 0.218 e. The van der Waals surface area contributed by atoms with Crippen molar-refractivity contribution >= 4 is 5.91 Å². The summed E-state index contributed by atoms with van der Waals surface area (Å²) in [6.07, 6.45) is 49.3. The zero-order chi connectivity index (χ0) is 47.0. The average Bonchev–Trinajstić information content (AvgIpc) is 3.27. The standard InChI is InChI=1S/C38H76N2O.C12H26O.C3H8N2O.C2H5.V/c1-5-8-11-14-17-22-27-34-40(36-29-33-39)35-28-23-18-19-24-30-37(4)41-38(31-25-20-15-12-9-6-2)32-26-21-16-13-10-7-3;1-4-6-7-8-9-10-11-12(5-2)13-3;4-2-1-3(5)6;1-2;/h5,38H,1,4,6-36,39H2,2-3H3;12H,4-11H2,1-3H3;1-2,4H2,(H2,5,6);1H2,2H3;/q;;;-1;. The number of allylic oxidation sites excluding steroid dienone is 2. The molecular formula is C55H115N4O3V-. The second kappa shape index (κ2) is 65.5. The number of ether oxygens (including phenoxy) is 2.